The minimum Gasteiger partial charge on any atom is -0.495 e. The number of aromatic nitrogens is 1. The van der Waals surface area contributed by atoms with Crippen LogP contribution in [0.3, 0.4) is 0 Å². The average Bonchev–Trinajstić information content (AvgIpc) is 2.92. The maximum atomic E-state index is 12.8. The molecule has 0 atom stereocenters. The molecule has 0 saturated carbocycles. The van der Waals surface area contributed by atoms with Crippen LogP contribution in [0.2, 0.25) is 0 Å². The van der Waals surface area contributed by atoms with Crippen molar-refractivity contribution >= 4 is 58.0 Å². The van der Waals surface area contributed by atoms with Crippen molar-refractivity contribution in [2.24, 2.45) is 0 Å². The molecular weight excluding hydrogens is 496 g/mol. The van der Waals surface area contributed by atoms with Crippen LogP contribution in [0, 0.1) is 0 Å². The lowest BCUT2D eigenvalue weighted by Gasteiger charge is -2.23. The minimum atomic E-state index is -0.182. The van der Waals surface area contributed by atoms with Gasteiger partial charge in [0.2, 0.25) is 5.91 Å². The third-order valence-electron chi connectivity index (χ3n) is 6.73. The van der Waals surface area contributed by atoms with E-state index in [1.165, 1.54) is 5.56 Å². The smallest absolute Gasteiger partial charge is 0.248 e. The topological polar surface area (TPSA) is 66.5 Å². The minimum absolute atomic E-state index is 0. The summed E-state index contributed by atoms with van der Waals surface area (Å²) in [6.45, 7) is 0. The van der Waals surface area contributed by atoms with E-state index in [4.69, 9.17) is 9.72 Å². The first-order chi connectivity index (χ1) is 18.0. The highest BCUT2D eigenvalue weighted by Gasteiger charge is 2.19. The van der Waals surface area contributed by atoms with E-state index in [1.54, 1.807) is 13.2 Å². The van der Waals surface area contributed by atoms with Gasteiger partial charge in [-0.2, -0.15) is 0 Å². The van der Waals surface area contributed by atoms with Crippen LogP contribution in [0.4, 0.5) is 22.7 Å². The zero-order chi connectivity index (χ0) is 25.8. The fourth-order valence-electron chi connectivity index (χ4n) is 4.91. The van der Waals surface area contributed by atoms with Crippen molar-refractivity contribution in [3.8, 4) is 5.75 Å². The number of ether oxygens (including phenoxy) is 1. The number of pyridine rings is 1. The summed E-state index contributed by atoms with van der Waals surface area (Å²) < 4.78 is 5.59. The lowest BCUT2D eigenvalue weighted by Crippen LogP contribution is -2.11. The maximum Gasteiger partial charge on any atom is 0.248 e. The Morgan fingerprint density at radius 3 is 2.58 bits per heavy atom. The van der Waals surface area contributed by atoms with Crippen LogP contribution in [0.15, 0.2) is 72.8 Å². The van der Waals surface area contributed by atoms with Gasteiger partial charge in [0.1, 0.15) is 5.75 Å². The van der Waals surface area contributed by atoms with Crippen molar-refractivity contribution in [3.05, 3.63) is 89.6 Å². The molecular formula is C31H33ClN4O2. The van der Waals surface area contributed by atoms with E-state index in [1.807, 2.05) is 91.8 Å². The molecule has 1 amide bonds. The Morgan fingerprint density at radius 2 is 1.76 bits per heavy atom. The molecule has 4 aromatic rings. The molecule has 0 saturated heterocycles. The average molecular weight is 529 g/mol. The van der Waals surface area contributed by atoms with Crippen molar-refractivity contribution < 1.29 is 9.53 Å². The summed E-state index contributed by atoms with van der Waals surface area (Å²) in [5.74, 6) is 0.600. The van der Waals surface area contributed by atoms with E-state index in [2.05, 4.69) is 10.6 Å². The molecule has 1 heterocycles. The Hall–Kier alpha value is -4.03. The zero-order valence-electron chi connectivity index (χ0n) is 22.0. The number of methoxy groups -OCH3 is 1. The Labute approximate surface area is 230 Å². The van der Waals surface area contributed by atoms with Gasteiger partial charge in [0.15, 0.2) is 0 Å². The summed E-state index contributed by atoms with van der Waals surface area (Å²) >= 11 is 0. The lowest BCUT2D eigenvalue weighted by atomic mass is 9.92. The van der Waals surface area contributed by atoms with Crippen LogP contribution in [-0.4, -0.2) is 32.1 Å². The molecule has 38 heavy (non-hydrogen) atoms. The molecule has 0 unspecified atom stereocenters. The van der Waals surface area contributed by atoms with E-state index in [-0.39, 0.29) is 18.3 Å². The molecule has 0 spiro atoms. The van der Waals surface area contributed by atoms with E-state index in [0.717, 1.165) is 76.3 Å². The fraction of sp³-hybridized carbons (Fsp3) is 0.226. The summed E-state index contributed by atoms with van der Waals surface area (Å²) in [6.07, 6.45) is 7.65. The van der Waals surface area contributed by atoms with Gasteiger partial charge in [-0.3, -0.25) is 9.78 Å². The fourth-order valence-corrected chi connectivity index (χ4v) is 4.91. The van der Waals surface area contributed by atoms with Crippen LogP contribution < -0.4 is 20.3 Å². The number of carbonyl (C=O) groups is 1. The number of fused-ring (bicyclic) bond motifs is 2. The molecule has 5 rings (SSSR count). The second kappa shape index (κ2) is 12.0. The van der Waals surface area contributed by atoms with Crippen molar-refractivity contribution in [1.29, 1.82) is 0 Å². The predicted octanol–water partition coefficient (Wildman–Crippen LogP) is 7.01. The van der Waals surface area contributed by atoms with Gasteiger partial charge in [-0.1, -0.05) is 30.3 Å². The van der Waals surface area contributed by atoms with Gasteiger partial charge in [0.05, 0.1) is 24.0 Å². The molecule has 2 N–H and O–H groups in total. The van der Waals surface area contributed by atoms with Crippen LogP contribution in [0.25, 0.3) is 17.0 Å². The standard InChI is InChI=1S/C31H32N4O2.ClH/c1-35(2)28-14-8-4-10-21(28)16-19-30(36)32-22-17-18-26-24(20-22)31(23-11-5-6-12-25(23)33-26)34-27-13-7-9-15-29(27)37-3;/h4,7-10,13-20H,5-6,11-12H2,1-3H3,(H,32,36)(H,33,34);1H. The number of rotatable bonds is 7. The monoisotopic (exact) mass is 528 g/mol. The molecule has 0 bridgehead atoms. The second-order valence-corrected chi connectivity index (χ2v) is 9.45. The number of benzene rings is 3. The van der Waals surface area contributed by atoms with Crippen molar-refractivity contribution in [2.45, 2.75) is 25.7 Å². The number of carbonyl (C=O) groups excluding carboxylic acids is 1. The quantitative estimate of drug-likeness (QED) is 0.253. The number of aryl methyl sites for hydroxylation is 1. The SMILES string of the molecule is COc1ccccc1Nc1c2c(nc3ccc(NC(=O)C=Cc4ccccc4N(C)C)cc13)CCCC2.Cl. The molecule has 3 aromatic carbocycles. The van der Waals surface area contributed by atoms with Gasteiger partial charge >= 0.3 is 0 Å². The number of hydrogen-bond acceptors (Lipinski definition) is 5. The molecule has 6 nitrogen and oxygen atoms in total. The molecule has 1 aromatic heterocycles. The van der Waals surface area contributed by atoms with Crippen LogP contribution in [0.5, 0.6) is 5.75 Å². The number of nitrogens with zero attached hydrogens (tertiary/aromatic N) is 2. The number of nitrogens with one attached hydrogen (secondary N) is 2. The summed E-state index contributed by atoms with van der Waals surface area (Å²) in [5.41, 5.74) is 8.01. The van der Waals surface area contributed by atoms with Crippen molar-refractivity contribution in [2.75, 3.05) is 36.7 Å². The second-order valence-electron chi connectivity index (χ2n) is 9.45. The van der Waals surface area contributed by atoms with Crippen LogP contribution in [-0.2, 0) is 17.6 Å². The molecule has 196 valence electrons. The number of amides is 1. The first-order valence-electron chi connectivity index (χ1n) is 12.6. The third-order valence-corrected chi connectivity index (χ3v) is 6.73. The van der Waals surface area contributed by atoms with Crippen molar-refractivity contribution in [3.63, 3.8) is 0 Å². The van der Waals surface area contributed by atoms with Gasteiger partial charge < -0.3 is 20.3 Å². The van der Waals surface area contributed by atoms with Gasteiger partial charge in [0, 0.05) is 42.6 Å². The van der Waals surface area contributed by atoms with Crippen LogP contribution >= 0.6 is 12.4 Å². The van der Waals surface area contributed by atoms with E-state index < -0.39 is 0 Å². The van der Waals surface area contributed by atoms with Crippen molar-refractivity contribution in [1.82, 2.24) is 4.98 Å². The first-order valence-corrected chi connectivity index (χ1v) is 12.6. The summed E-state index contributed by atoms with van der Waals surface area (Å²) in [7, 11) is 5.66. The molecule has 0 radical (unpaired) electrons. The highest BCUT2D eigenvalue weighted by atomic mass is 35.5. The van der Waals surface area contributed by atoms with Gasteiger partial charge in [-0.25, -0.2) is 0 Å². The predicted molar refractivity (Wildman–Crippen MR) is 160 cm³/mol. The number of anilines is 4. The molecule has 1 aliphatic carbocycles. The number of halogens is 1. The number of hydrogen-bond donors (Lipinski definition) is 2. The van der Waals surface area contributed by atoms with Gasteiger partial charge in [-0.05, 0) is 79.3 Å². The molecule has 1 aliphatic rings. The normalized spacial score (nSPS) is 12.5. The number of para-hydroxylation sites is 3. The van der Waals surface area contributed by atoms with Gasteiger partial charge in [-0.15, -0.1) is 12.4 Å². The first kappa shape index (κ1) is 27.0. The Bertz CT molecular complexity index is 1480. The summed E-state index contributed by atoms with van der Waals surface area (Å²) in [4.78, 5) is 19.8. The maximum absolute atomic E-state index is 12.8. The third kappa shape index (κ3) is 5.76. The Morgan fingerprint density at radius 1 is 1.00 bits per heavy atom. The van der Waals surface area contributed by atoms with Gasteiger partial charge in [0.25, 0.3) is 0 Å². The molecule has 0 fully saturated rings. The highest BCUT2D eigenvalue weighted by molar-refractivity contribution is 6.05. The summed E-state index contributed by atoms with van der Waals surface area (Å²) in [5, 5.41) is 7.65. The van der Waals surface area contributed by atoms with E-state index in [9.17, 15) is 4.79 Å². The Kier molecular flexibility index (Phi) is 8.54. The highest BCUT2D eigenvalue weighted by Crippen LogP contribution is 2.38. The molecule has 7 heteroatoms. The van der Waals surface area contributed by atoms with E-state index in [0.29, 0.717) is 0 Å². The lowest BCUT2D eigenvalue weighted by molar-refractivity contribution is -0.111. The Balaban J connectivity index is 0.00000336. The summed E-state index contributed by atoms with van der Waals surface area (Å²) in [6, 6.07) is 21.8. The zero-order valence-corrected chi connectivity index (χ0v) is 22.8. The molecule has 0 aliphatic heterocycles. The van der Waals surface area contributed by atoms with Crippen LogP contribution in [0.1, 0.15) is 29.7 Å². The van der Waals surface area contributed by atoms with E-state index >= 15 is 0 Å². The largest absolute Gasteiger partial charge is 0.495 e.